The maximum Gasteiger partial charge on any atom is 0.0371 e. The third-order valence-electron chi connectivity index (χ3n) is 5.83. The minimum atomic E-state index is 0.688. The number of hydrazine groups is 1. The fourth-order valence-electron chi connectivity index (χ4n) is 5.12. The monoisotopic (exact) mass is 271 g/mol. The molecule has 4 aliphatic carbocycles. The van der Waals surface area contributed by atoms with Crippen LogP contribution in [-0.4, -0.2) is 6.04 Å². The Labute approximate surface area is 121 Å². The molecular weight excluding hydrogens is 246 g/mol. The molecule has 0 aromatic heterocycles. The number of hydrogen-bond donors (Lipinski definition) is 3. The maximum absolute atomic E-state index is 5.99. The number of anilines is 1. The summed E-state index contributed by atoms with van der Waals surface area (Å²) in [4.78, 5) is 0. The molecule has 0 unspecified atom stereocenters. The number of rotatable bonds is 4. The Morgan fingerprint density at radius 2 is 1.60 bits per heavy atom. The van der Waals surface area contributed by atoms with Crippen LogP contribution in [0.1, 0.15) is 37.7 Å². The molecule has 20 heavy (non-hydrogen) atoms. The van der Waals surface area contributed by atoms with Gasteiger partial charge in [0.2, 0.25) is 0 Å². The fraction of sp³-hybridized carbons (Fsp3) is 0.647. The van der Waals surface area contributed by atoms with E-state index in [4.69, 9.17) is 5.73 Å². The Balaban J connectivity index is 1.35. The average Bonchev–Trinajstić information content (AvgIpc) is 2.43. The molecule has 0 aliphatic heterocycles. The number of para-hydroxylation sites is 1. The minimum absolute atomic E-state index is 0.688. The van der Waals surface area contributed by atoms with Crippen LogP contribution < -0.4 is 16.6 Å². The molecule has 1 aromatic carbocycles. The molecule has 4 N–H and O–H groups in total. The van der Waals surface area contributed by atoms with Crippen molar-refractivity contribution < 1.29 is 0 Å². The van der Waals surface area contributed by atoms with Gasteiger partial charge >= 0.3 is 0 Å². The van der Waals surface area contributed by atoms with E-state index in [1.807, 2.05) is 12.1 Å². The minimum Gasteiger partial charge on any atom is -0.398 e. The van der Waals surface area contributed by atoms with Crippen molar-refractivity contribution in [2.45, 2.75) is 44.7 Å². The summed E-state index contributed by atoms with van der Waals surface area (Å²) in [6.07, 6.45) is 7.35. The summed E-state index contributed by atoms with van der Waals surface area (Å²) in [6, 6.07) is 8.80. The van der Waals surface area contributed by atoms with Gasteiger partial charge in [-0.25, -0.2) is 0 Å². The molecule has 5 rings (SSSR count). The van der Waals surface area contributed by atoms with Gasteiger partial charge in [-0.05, 0) is 67.4 Å². The molecule has 1 aromatic rings. The summed E-state index contributed by atoms with van der Waals surface area (Å²) in [5.74, 6) is 3.90. The van der Waals surface area contributed by atoms with Gasteiger partial charge in [0.25, 0.3) is 0 Å². The third kappa shape index (κ3) is 2.23. The maximum atomic E-state index is 5.99. The highest BCUT2D eigenvalue weighted by atomic mass is 15.4. The molecule has 0 saturated heterocycles. The SMILES string of the molecule is Nc1ccccc1CNNC1C2CC3CC(C2)CC1C3. The van der Waals surface area contributed by atoms with Crippen molar-refractivity contribution in [2.24, 2.45) is 23.7 Å². The topological polar surface area (TPSA) is 50.1 Å². The van der Waals surface area contributed by atoms with Crippen LogP contribution in [0.5, 0.6) is 0 Å². The molecule has 4 saturated carbocycles. The first-order chi connectivity index (χ1) is 9.79. The predicted molar refractivity (Wildman–Crippen MR) is 81.7 cm³/mol. The number of hydrogen-bond acceptors (Lipinski definition) is 3. The van der Waals surface area contributed by atoms with Crippen molar-refractivity contribution >= 4 is 5.69 Å². The van der Waals surface area contributed by atoms with Gasteiger partial charge < -0.3 is 5.73 Å². The molecule has 3 heteroatoms. The lowest BCUT2D eigenvalue weighted by atomic mass is 9.54. The first-order valence-electron chi connectivity index (χ1n) is 8.11. The second-order valence-electron chi connectivity index (χ2n) is 7.15. The van der Waals surface area contributed by atoms with Gasteiger partial charge in [-0.3, -0.25) is 10.9 Å². The van der Waals surface area contributed by atoms with Crippen molar-refractivity contribution in [1.82, 2.24) is 10.9 Å². The molecule has 0 spiro atoms. The first kappa shape index (κ1) is 12.7. The van der Waals surface area contributed by atoms with Crippen LogP contribution in [-0.2, 0) is 6.54 Å². The van der Waals surface area contributed by atoms with E-state index in [0.29, 0.717) is 6.04 Å². The van der Waals surface area contributed by atoms with Gasteiger partial charge in [0.15, 0.2) is 0 Å². The number of nitrogen functional groups attached to an aromatic ring is 1. The van der Waals surface area contributed by atoms with Crippen LogP contribution in [0.3, 0.4) is 0 Å². The normalized spacial score (nSPS) is 38.3. The lowest BCUT2D eigenvalue weighted by Gasteiger charge is -2.54. The standard InChI is InChI=1S/C17H25N3/c18-16-4-2-1-3-13(16)10-19-20-17-14-6-11-5-12(8-14)9-15(17)7-11/h1-4,11-12,14-15,17,19-20H,5-10,18H2. The predicted octanol–water partition coefficient (Wildman–Crippen LogP) is 2.69. The Morgan fingerprint density at radius 1 is 0.950 bits per heavy atom. The average molecular weight is 271 g/mol. The second-order valence-corrected chi connectivity index (χ2v) is 7.15. The van der Waals surface area contributed by atoms with E-state index >= 15 is 0 Å². The zero-order chi connectivity index (χ0) is 13.5. The van der Waals surface area contributed by atoms with Crippen LogP contribution in [0.25, 0.3) is 0 Å². The second kappa shape index (κ2) is 5.05. The zero-order valence-electron chi connectivity index (χ0n) is 12.0. The van der Waals surface area contributed by atoms with Crippen molar-refractivity contribution in [3.05, 3.63) is 29.8 Å². The molecule has 4 bridgehead atoms. The van der Waals surface area contributed by atoms with Gasteiger partial charge in [0.05, 0.1) is 0 Å². The van der Waals surface area contributed by atoms with E-state index in [9.17, 15) is 0 Å². The summed E-state index contributed by atoms with van der Waals surface area (Å²) in [7, 11) is 0. The van der Waals surface area contributed by atoms with Gasteiger partial charge in [-0.1, -0.05) is 18.2 Å². The van der Waals surface area contributed by atoms with Crippen molar-refractivity contribution in [1.29, 1.82) is 0 Å². The summed E-state index contributed by atoms with van der Waals surface area (Å²) in [5.41, 5.74) is 15.1. The van der Waals surface area contributed by atoms with E-state index in [1.54, 1.807) is 0 Å². The third-order valence-corrected chi connectivity index (χ3v) is 5.83. The summed E-state index contributed by atoms with van der Waals surface area (Å²) >= 11 is 0. The molecule has 4 fully saturated rings. The van der Waals surface area contributed by atoms with Crippen molar-refractivity contribution in [3.63, 3.8) is 0 Å². The summed E-state index contributed by atoms with van der Waals surface area (Å²) in [5, 5.41) is 0. The van der Waals surface area contributed by atoms with Crippen molar-refractivity contribution in [3.8, 4) is 0 Å². The zero-order valence-corrected chi connectivity index (χ0v) is 12.0. The highest BCUT2D eigenvalue weighted by Crippen LogP contribution is 2.53. The van der Waals surface area contributed by atoms with Gasteiger partial charge in [0, 0.05) is 18.3 Å². The fourth-order valence-corrected chi connectivity index (χ4v) is 5.12. The van der Waals surface area contributed by atoms with Crippen LogP contribution >= 0.6 is 0 Å². The van der Waals surface area contributed by atoms with Gasteiger partial charge in [0.1, 0.15) is 0 Å². The van der Waals surface area contributed by atoms with Crippen molar-refractivity contribution in [2.75, 3.05) is 5.73 Å². The van der Waals surface area contributed by atoms with E-state index in [1.165, 1.54) is 37.7 Å². The number of nitrogens with one attached hydrogen (secondary N) is 2. The largest absolute Gasteiger partial charge is 0.398 e. The van der Waals surface area contributed by atoms with E-state index in [2.05, 4.69) is 23.0 Å². The lowest BCUT2D eigenvalue weighted by Crippen LogP contribution is -2.57. The molecule has 4 aliphatic rings. The van der Waals surface area contributed by atoms with Crippen LogP contribution in [0.15, 0.2) is 24.3 Å². The number of benzene rings is 1. The first-order valence-corrected chi connectivity index (χ1v) is 8.11. The molecule has 0 amide bonds. The van der Waals surface area contributed by atoms with Gasteiger partial charge in [-0.2, -0.15) is 0 Å². The Bertz CT molecular complexity index is 457. The molecule has 0 radical (unpaired) electrons. The molecule has 0 heterocycles. The molecular formula is C17H25N3. The summed E-state index contributed by atoms with van der Waals surface area (Å²) in [6.45, 7) is 0.815. The van der Waals surface area contributed by atoms with E-state index < -0.39 is 0 Å². The Hall–Kier alpha value is -1.06. The highest BCUT2D eigenvalue weighted by molar-refractivity contribution is 5.46. The van der Waals surface area contributed by atoms with E-state index in [0.717, 1.165) is 35.9 Å². The van der Waals surface area contributed by atoms with Crippen LogP contribution in [0.4, 0.5) is 5.69 Å². The smallest absolute Gasteiger partial charge is 0.0371 e. The summed E-state index contributed by atoms with van der Waals surface area (Å²) < 4.78 is 0. The van der Waals surface area contributed by atoms with Crippen LogP contribution in [0.2, 0.25) is 0 Å². The molecule has 108 valence electrons. The Morgan fingerprint density at radius 3 is 2.25 bits per heavy atom. The Kier molecular flexibility index (Phi) is 3.20. The highest BCUT2D eigenvalue weighted by Gasteiger charge is 2.47. The molecule has 0 atom stereocenters. The quantitative estimate of drug-likeness (QED) is 0.583. The number of nitrogens with two attached hydrogens (primary N) is 1. The van der Waals surface area contributed by atoms with Gasteiger partial charge in [-0.15, -0.1) is 0 Å². The van der Waals surface area contributed by atoms with E-state index in [-0.39, 0.29) is 0 Å². The lowest BCUT2D eigenvalue weighted by molar-refractivity contribution is -0.0189. The van der Waals surface area contributed by atoms with Crippen LogP contribution in [0, 0.1) is 23.7 Å². The molecule has 3 nitrogen and oxygen atoms in total.